The molecule has 0 bridgehead atoms. The van der Waals surface area contributed by atoms with Crippen molar-refractivity contribution in [2.75, 3.05) is 0 Å². The van der Waals surface area contributed by atoms with Crippen LogP contribution in [0.1, 0.15) is 61.8 Å². The van der Waals surface area contributed by atoms with Crippen LogP contribution in [0.15, 0.2) is 16.6 Å². The van der Waals surface area contributed by atoms with Gasteiger partial charge in [-0.2, -0.15) is 0 Å². The highest BCUT2D eigenvalue weighted by molar-refractivity contribution is 9.10. The topological polar surface area (TPSA) is 26.0 Å². The van der Waals surface area contributed by atoms with Gasteiger partial charge < -0.3 is 5.73 Å². The first kappa shape index (κ1) is 15.1. The van der Waals surface area contributed by atoms with Gasteiger partial charge in [0, 0.05) is 10.5 Å². The number of nitrogens with two attached hydrogens (primary N) is 1. The van der Waals surface area contributed by atoms with E-state index in [9.17, 15) is 0 Å². The van der Waals surface area contributed by atoms with Gasteiger partial charge in [0.2, 0.25) is 0 Å². The van der Waals surface area contributed by atoms with E-state index in [1.165, 1.54) is 53.3 Å². The van der Waals surface area contributed by atoms with E-state index in [4.69, 9.17) is 5.73 Å². The Morgan fingerprint density at radius 2 is 1.89 bits per heavy atom. The largest absolute Gasteiger partial charge is 0.324 e. The smallest absolute Gasteiger partial charge is 0.0323 e. The van der Waals surface area contributed by atoms with Crippen LogP contribution in [-0.2, 0) is 0 Å². The minimum absolute atomic E-state index is 0.208. The first-order valence-corrected chi connectivity index (χ1v) is 8.34. The molecule has 1 aromatic carbocycles. The second-order valence-corrected chi connectivity index (χ2v) is 6.99. The SMILES string of the molecule is CCC1CCCC(C(N)c2cc(C)c(Br)c(C)c2)C1. The number of hydrogen-bond donors (Lipinski definition) is 1. The maximum atomic E-state index is 6.56. The van der Waals surface area contributed by atoms with Crippen LogP contribution in [0.25, 0.3) is 0 Å². The highest BCUT2D eigenvalue weighted by atomic mass is 79.9. The molecule has 0 amide bonds. The average Bonchev–Trinajstić information content (AvgIpc) is 2.43. The quantitative estimate of drug-likeness (QED) is 0.804. The molecule has 0 heterocycles. The third-order valence-corrected chi connectivity index (χ3v) is 6.00. The zero-order valence-corrected chi connectivity index (χ0v) is 14.0. The Hall–Kier alpha value is -0.340. The van der Waals surface area contributed by atoms with E-state index in [2.05, 4.69) is 48.8 Å². The predicted octanol–water partition coefficient (Wildman–Crippen LogP) is 5.28. The molecule has 1 aromatic rings. The monoisotopic (exact) mass is 323 g/mol. The molecule has 1 fully saturated rings. The lowest BCUT2D eigenvalue weighted by Crippen LogP contribution is -2.27. The third-order valence-electron chi connectivity index (χ3n) is 4.75. The summed E-state index contributed by atoms with van der Waals surface area (Å²) in [4.78, 5) is 0. The number of rotatable bonds is 3. The number of halogens is 1. The van der Waals surface area contributed by atoms with Crippen molar-refractivity contribution >= 4 is 15.9 Å². The van der Waals surface area contributed by atoms with Crippen molar-refractivity contribution in [1.82, 2.24) is 0 Å². The van der Waals surface area contributed by atoms with E-state index in [1.807, 2.05) is 0 Å². The number of hydrogen-bond acceptors (Lipinski definition) is 1. The van der Waals surface area contributed by atoms with Crippen molar-refractivity contribution in [2.24, 2.45) is 17.6 Å². The normalized spacial score (nSPS) is 25.3. The van der Waals surface area contributed by atoms with Crippen LogP contribution in [0.5, 0.6) is 0 Å². The van der Waals surface area contributed by atoms with Crippen molar-refractivity contribution in [3.63, 3.8) is 0 Å². The van der Waals surface area contributed by atoms with Gasteiger partial charge in [-0.05, 0) is 55.2 Å². The molecule has 2 rings (SSSR count). The van der Waals surface area contributed by atoms with Gasteiger partial charge in [-0.3, -0.25) is 0 Å². The Kier molecular flexibility index (Phi) is 5.08. The van der Waals surface area contributed by atoms with Crippen LogP contribution < -0.4 is 5.73 Å². The standard InChI is InChI=1S/C17H26BrN/c1-4-13-6-5-7-14(10-13)17(19)15-8-11(2)16(18)12(3)9-15/h8-9,13-14,17H,4-7,10,19H2,1-3H3. The Morgan fingerprint density at radius 3 is 2.47 bits per heavy atom. The molecule has 1 saturated carbocycles. The zero-order chi connectivity index (χ0) is 14.0. The van der Waals surface area contributed by atoms with Gasteiger partial charge in [0.1, 0.15) is 0 Å². The maximum absolute atomic E-state index is 6.56. The fourth-order valence-corrected chi connectivity index (χ4v) is 3.70. The van der Waals surface area contributed by atoms with Crippen LogP contribution in [0, 0.1) is 25.7 Å². The van der Waals surface area contributed by atoms with Crippen molar-refractivity contribution < 1.29 is 0 Å². The minimum atomic E-state index is 0.208. The lowest BCUT2D eigenvalue weighted by Gasteiger charge is -2.33. The van der Waals surface area contributed by atoms with Gasteiger partial charge in [-0.1, -0.05) is 54.2 Å². The van der Waals surface area contributed by atoms with Gasteiger partial charge in [-0.25, -0.2) is 0 Å². The Balaban J connectivity index is 2.17. The predicted molar refractivity (Wildman–Crippen MR) is 86.3 cm³/mol. The lowest BCUT2D eigenvalue weighted by atomic mass is 9.75. The second kappa shape index (κ2) is 6.41. The molecule has 3 atom stereocenters. The number of benzene rings is 1. The average molecular weight is 324 g/mol. The summed E-state index contributed by atoms with van der Waals surface area (Å²) < 4.78 is 1.22. The molecule has 0 aromatic heterocycles. The van der Waals surface area contributed by atoms with Crippen LogP contribution >= 0.6 is 15.9 Å². The molecule has 3 unspecified atom stereocenters. The van der Waals surface area contributed by atoms with E-state index in [-0.39, 0.29) is 6.04 Å². The van der Waals surface area contributed by atoms with E-state index in [0.717, 1.165) is 5.92 Å². The van der Waals surface area contributed by atoms with Crippen LogP contribution in [0.2, 0.25) is 0 Å². The summed E-state index contributed by atoms with van der Waals surface area (Å²) >= 11 is 3.64. The highest BCUT2D eigenvalue weighted by Gasteiger charge is 2.26. The zero-order valence-electron chi connectivity index (χ0n) is 12.4. The van der Waals surface area contributed by atoms with Gasteiger partial charge in [0.25, 0.3) is 0 Å². The molecule has 0 radical (unpaired) electrons. The fraction of sp³-hybridized carbons (Fsp3) is 0.647. The summed E-state index contributed by atoms with van der Waals surface area (Å²) in [5.41, 5.74) is 10.5. The summed E-state index contributed by atoms with van der Waals surface area (Å²) in [5.74, 6) is 1.56. The highest BCUT2D eigenvalue weighted by Crippen LogP contribution is 2.38. The fourth-order valence-electron chi connectivity index (χ4n) is 3.47. The lowest BCUT2D eigenvalue weighted by molar-refractivity contribution is 0.230. The Labute approximate surface area is 126 Å². The van der Waals surface area contributed by atoms with Gasteiger partial charge >= 0.3 is 0 Å². The summed E-state index contributed by atoms with van der Waals surface area (Å²) in [6, 6.07) is 4.73. The summed E-state index contributed by atoms with van der Waals surface area (Å²) in [7, 11) is 0. The molecule has 0 saturated heterocycles. The van der Waals surface area contributed by atoms with Crippen LogP contribution in [0.4, 0.5) is 0 Å². The molecule has 1 aliphatic carbocycles. The van der Waals surface area contributed by atoms with Crippen molar-refractivity contribution in [3.8, 4) is 0 Å². The maximum Gasteiger partial charge on any atom is 0.0323 e. The summed E-state index contributed by atoms with van der Waals surface area (Å²) in [6.45, 7) is 6.62. The Morgan fingerprint density at radius 1 is 1.26 bits per heavy atom. The first-order valence-electron chi connectivity index (χ1n) is 7.55. The molecular weight excluding hydrogens is 298 g/mol. The first-order chi connectivity index (χ1) is 9.02. The van der Waals surface area contributed by atoms with Crippen LogP contribution in [-0.4, -0.2) is 0 Å². The van der Waals surface area contributed by atoms with Gasteiger partial charge in [0.05, 0.1) is 0 Å². The van der Waals surface area contributed by atoms with E-state index in [0.29, 0.717) is 5.92 Å². The van der Waals surface area contributed by atoms with E-state index >= 15 is 0 Å². The number of aryl methyl sites for hydroxylation is 2. The molecule has 0 aliphatic heterocycles. The second-order valence-electron chi connectivity index (χ2n) is 6.20. The molecule has 0 spiro atoms. The molecule has 2 heteroatoms. The third kappa shape index (κ3) is 3.41. The van der Waals surface area contributed by atoms with Crippen molar-refractivity contribution in [2.45, 2.75) is 58.9 Å². The minimum Gasteiger partial charge on any atom is -0.324 e. The van der Waals surface area contributed by atoms with Gasteiger partial charge in [0.15, 0.2) is 0 Å². The molecule has 106 valence electrons. The van der Waals surface area contributed by atoms with E-state index < -0.39 is 0 Å². The molecule has 1 nitrogen and oxygen atoms in total. The van der Waals surface area contributed by atoms with Crippen molar-refractivity contribution in [1.29, 1.82) is 0 Å². The van der Waals surface area contributed by atoms with E-state index in [1.54, 1.807) is 0 Å². The molecule has 2 N–H and O–H groups in total. The Bertz CT molecular complexity index is 418. The van der Waals surface area contributed by atoms with Crippen molar-refractivity contribution in [3.05, 3.63) is 33.3 Å². The molecular formula is C17H26BrN. The molecule has 19 heavy (non-hydrogen) atoms. The molecule has 1 aliphatic rings. The summed E-state index contributed by atoms with van der Waals surface area (Å²) in [5, 5.41) is 0. The van der Waals surface area contributed by atoms with Crippen LogP contribution in [0.3, 0.4) is 0 Å². The summed E-state index contributed by atoms with van der Waals surface area (Å²) in [6.07, 6.45) is 6.67. The van der Waals surface area contributed by atoms with Gasteiger partial charge in [-0.15, -0.1) is 0 Å².